The fourth-order valence-electron chi connectivity index (χ4n) is 0.952. The molecule has 1 heterocycles. The molecule has 68 valence electrons. The van der Waals surface area contributed by atoms with E-state index >= 15 is 0 Å². The molecule has 1 unspecified atom stereocenters. The Balaban J connectivity index is 2.69. The molecule has 0 aromatic carbocycles. The molecule has 0 spiro atoms. The van der Waals surface area contributed by atoms with Gasteiger partial charge in [-0.05, 0) is 12.8 Å². The van der Waals surface area contributed by atoms with Gasteiger partial charge in [0, 0.05) is 12.4 Å². The molecular weight excluding hydrogens is 195 g/mol. The maximum absolute atomic E-state index is 5.84. The summed E-state index contributed by atoms with van der Waals surface area (Å²) in [4.78, 5) is 0. The Morgan fingerprint density at radius 2 is 2.33 bits per heavy atom. The smallest absolute Gasteiger partial charge is 0.0814 e. The van der Waals surface area contributed by atoms with Crippen molar-refractivity contribution in [3.8, 4) is 0 Å². The minimum Gasteiger partial charge on any atom is -0.268 e. The molecule has 1 atom stereocenters. The fraction of sp³-hybridized carbons (Fsp3) is 0.625. The van der Waals surface area contributed by atoms with Gasteiger partial charge in [0.15, 0.2) is 0 Å². The summed E-state index contributed by atoms with van der Waals surface area (Å²) < 4.78 is 1.88. The number of alkyl halides is 1. The first kappa shape index (κ1) is 9.87. The van der Waals surface area contributed by atoms with Gasteiger partial charge < -0.3 is 0 Å². The van der Waals surface area contributed by atoms with Crippen LogP contribution >= 0.6 is 23.2 Å². The molecule has 0 aliphatic heterocycles. The van der Waals surface area contributed by atoms with Crippen molar-refractivity contribution < 1.29 is 0 Å². The van der Waals surface area contributed by atoms with Crippen molar-refractivity contribution in [1.82, 2.24) is 9.78 Å². The Labute approximate surface area is 82.5 Å². The Hall–Kier alpha value is -0.210. The highest BCUT2D eigenvalue weighted by Crippen LogP contribution is 2.14. The first-order valence-electron chi connectivity index (χ1n) is 3.89. The Morgan fingerprint density at radius 1 is 1.67 bits per heavy atom. The molecule has 0 bridgehead atoms. The van der Waals surface area contributed by atoms with Crippen LogP contribution in [0.15, 0.2) is 6.20 Å². The highest BCUT2D eigenvalue weighted by molar-refractivity contribution is 6.31. The summed E-state index contributed by atoms with van der Waals surface area (Å²) in [7, 11) is 0. The number of halogens is 2. The quantitative estimate of drug-likeness (QED) is 0.696. The molecule has 2 nitrogen and oxygen atoms in total. The van der Waals surface area contributed by atoms with Crippen molar-refractivity contribution in [3.05, 3.63) is 16.9 Å². The number of nitrogens with zero attached hydrogens (tertiary/aromatic N) is 2. The number of hydrogen-bond donors (Lipinski definition) is 0. The standard InChI is InChI=1S/C8H12Cl2N2/c1-6(3-9)5-12-7(2)8(10)4-11-12/h4,6H,3,5H2,1-2H3. The van der Waals surface area contributed by atoms with Crippen LogP contribution in [-0.4, -0.2) is 15.7 Å². The molecule has 0 fully saturated rings. The van der Waals surface area contributed by atoms with Crippen LogP contribution in [0.5, 0.6) is 0 Å². The van der Waals surface area contributed by atoms with E-state index in [1.807, 2.05) is 11.6 Å². The zero-order valence-electron chi connectivity index (χ0n) is 7.22. The van der Waals surface area contributed by atoms with E-state index < -0.39 is 0 Å². The van der Waals surface area contributed by atoms with E-state index in [4.69, 9.17) is 23.2 Å². The highest BCUT2D eigenvalue weighted by Gasteiger charge is 2.06. The van der Waals surface area contributed by atoms with Crippen molar-refractivity contribution in [1.29, 1.82) is 0 Å². The van der Waals surface area contributed by atoms with Gasteiger partial charge in [0.05, 0.1) is 16.9 Å². The van der Waals surface area contributed by atoms with Crippen molar-refractivity contribution >= 4 is 23.2 Å². The number of rotatable bonds is 3. The van der Waals surface area contributed by atoms with Gasteiger partial charge in [0.2, 0.25) is 0 Å². The summed E-state index contributed by atoms with van der Waals surface area (Å²) in [5.74, 6) is 1.08. The second kappa shape index (κ2) is 4.15. The van der Waals surface area contributed by atoms with Gasteiger partial charge in [-0.25, -0.2) is 0 Å². The summed E-state index contributed by atoms with van der Waals surface area (Å²) >= 11 is 11.5. The summed E-state index contributed by atoms with van der Waals surface area (Å²) in [6, 6.07) is 0. The van der Waals surface area contributed by atoms with Crippen LogP contribution in [0.2, 0.25) is 5.02 Å². The minimum absolute atomic E-state index is 0.432. The molecule has 0 N–H and O–H groups in total. The second-order valence-electron chi connectivity index (χ2n) is 3.02. The van der Waals surface area contributed by atoms with E-state index in [1.54, 1.807) is 6.20 Å². The molecular formula is C8H12Cl2N2. The topological polar surface area (TPSA) is 17.8 Å². The Kier molecular flexibility index (Phi) is 3.41. The zero-order chi connectivity index (χ0) is 9.14. The van der Waals surface area contributed by atoms with E-state index in [0.717, 1.165) is 17.3 Å². The van der Waals surface area contributed by atoms with Gasteiger partial charge >= 0.3 is 0 Å². The lowest BCUT2D eigenvalue weighted by Gasteiger charge is -2.08. The van der Waals surface area contributed by atoms with Gasteiger partial charge in [-0.15, -0.1) is 11.6 Å². The second-order valence-corrected chi connectivity index (χ2v) is 3.74. The van der Waals surface area contributed by atoms with Crippen LogP contribution in [0.4, 0.5) is 0 Å². The third-order valence-corrected chi connectivity index (χ3v) is 2.69. The third-order valence-electron chi connectivity index (χ3n) is 1.79. The van der Waals surface area contributed by atoms with Crippen molar-refractivity contribution in [2.75, 3.05) is 5.88 Å². The SMILES string of the molecule is Cc1c(Cl)cnn1CC(C)CCl. The lowest BCUT2D eigenvalue weighted by atomic mass is 10.2. The normalized spacial score (nSPS) is 13.3. The molecule has 0 aliphatic rings. The average Bonchev–Trinajstić information content (AvgIpc) is 2.36. The zero-order valence-corrected chi connectivity index (χ0v) is 8.73. The van der Waals surface area contributed by atoms with Gasteiger partial charge in [-0.1, -0.05) is 18.5 Å². The molecule has 0 aliphatic carbocycles. The summed E-state index contributed by atoms with van der Waals surface area (Å²) in [5, 5.41) is 4.85. The first-order valence-corrected chi connectivity index (χ1v) is 4.80. The molecule has 1 aromatic heterocycles. The summed E-state index contributed by atoms with van der Waals surface area (Å²) in [6.07, 6.45) is 1.66. The van der Waals surface area contributed by atoms with Gasteiger partial charge in [0.25, 0.3) is 0 Å². The largest absolute Gasteiger partial charge is 0.268 e. The van der Waals surface area contributed by atoms with Crippen LogP contribution < -0.4 is 0 Å². The molecule has 4 heteroatoms. The van der Waals surface area contributed by atoms with E-state index in [-0.39, 0.29) is 0 Å². The molecule has 0 amide bonds. The van der Waals surface area contributed by atoms with Crippen LogP contribution in [0.1, 0.15) is 12.6 Å². The fourth-order valence-corrected chi connectivity index (χ4v) is 1.19. The van der Waals surface area contributed by atoms with Gasteiger partial charge in [-0.3, -0.25) is 4.68 Å². The first-order chi connectivity index (χ1) is 5.65. The maximum atomic E-state index is 5.84. The Bertz CT molecular complexity index is 258. The van der Waals surface area contributed by atoms with E-state index in [9.17, 15) is 0 Å². The number of aromatic nitrogens is 2. The van der Waals surface area contributed by atoms with Gasteiger partial charge in [-0.2, -0.15) is 5.10 Å². The maximum Gasteiger partial charge on any atom is 0.0814 e. The molecule has 12 heavy (non-hydrogen) atoms. The highest BCUT2D eigenvalue weighted by atomic mass is 35.5. The molecule has 1 aromatic rings. The van der Waals surface area contributed by atoms with E-state index in [2.05, 4.69) is 12.0 Å². The molecule has 1 rings (SSSR count). The van der Waals surface area contributed by atoms with E-state index in [0.29, 0.717) is 11.8 Å². The van der Waals surface area contributed by atoms with Crippen LogP contribution in [0.25, 0.3) is 0 Å². The Morgan fingerprint density at radius 3 is 2.75 bits per heavy atom. The predicted molar refractivity (Wildman–Crippen MR) is 51.9 cm³/mol. The molecule has 0 saturated carbocycles. The summed E-state index contributed by atoms with van der Waals surface area (Å²) in [6.45, 7) is 4.88. The van der Waals surface area contributed by atoms with Crippen molar-refractivity contribution in [3.63, 3.8) is 0 Å². The average molecular weight is 207 g/mol. The molecule has 0 saturated heterocycles. The summed E-state index contributed by atoms with van der Waals surface area (Å²) in [5.41, 5.74) is 1.01. The monoisotopic (exact) mass is 206 g/mol. The van der Waals surface area contributed by atoms with Crippen LogP contribution in [0.3, 0.4) is 0 Å². The lowest BCUT2D eigenvalue weighted by Crippen LogP contribution is -2.11. The third kappa shape index (κ3) is 2.14. The van der Waals surface area contributed by atoms with Crippen molar-refractivity contribution in [2.45, 2.75) is 20.4 Å². The van der Waals surface area contributed by atoms with E-state index in [1.165, 1.54) is 0 Å². The van der Waals surface area contributed by atoms with Gasteiger partial charge in [0.1, 0.15) is 0 Å². The van der Waals surface area contributed by atoms with Crippen LogP contribution in [-0.2, 0) is 6.54 Å². The molecule has 0 radical (unpaired) electrons. The number of hydrogen-bond acceptors (Lipinski definition) is 1. The predicted octanol–water partition coefficient (Wildman–Crippen LogP) is 2.72. The van der Waals surface area contributed by atoms with Crippen molar-refractivity contribution in [2.24, 2.45) is 5.92 Å². The minimum atomic E-state index is 0.432. The van der Waals surface area contributed by atoms with Crippen LogP contribution in [0, 0.1) is 12.8 Å². The lowest BCUT2D eigenvalue weighted by molar-refractivity contribution is 0.478.